The molecule has 0 spiro atoms. The van der Waals surface area contributed by atoms with Crippen LogP contribution in [0.25, 0.3) is 10.6 Å². The van der Waals surface area contributed by atoms with Crippen molar-refractivity contribution in [2.75, 3.05) is 12.4 Å². The van der Waals surface area contributed by atoms with Gasteiger partial charge in [-0.2, -0.15) is 13.2 Å². The van der Waals surface area contributed by atoms with Gasteiger partial charge in [0.25, 0.3) is 5.91 Å². The molecule has 38 heavy (non-hydrogen) atoms. The van der Waals surface area contributed by atoms with E-state index in [-0.39, 0.29) is 23.3 Å². The summed E-state index contributed by atoms with van der Waals surface area (Å²) < 4.78 is 39.8. The van der Waals surface area contributed by atoms with Gasteiger partial charge in [-0.15, -0.1) is 22.7 Å². The van der Waals surface area contributed by atoms with Crippen LogP contribution in [0.2, 0.25) is 0 Å². The Labute approximate surface area is 225 Å². The zero-order valence-corrected chi connectivity index (χ0v) is 22.3. The van der Waals surface area contributed by atoms with E-state index in [0.717, 1.165) is 27.6 Å². The second-order valence-corrected chi connectivity index (χ2v) is 10.1. The van der Waals surface area contributed by atoms with Crippen molar-refractivity contribution >= 4 is 40.0 Å². The fraction of sp³-hybridized carbons (Fsp3) is 0.231. The Bertz CT molecular complexity index is 1390. The quantitative estimate of drug-likeness (QED) is 0.236. The first-order chi connectivity index (χ1) is 18.0. The van der Waals surface area contributed by atoms with Gasteiger partial charge in [-0.05, 0) is 43.2 Å². The number of phenolic OH excluding ortho intramolecular Hbond substituents is 1. The maximum atomic E-state index is 13.3. The molecule has 200 valence electrons. The van der Waals surface area contributed by atoms with E-state index in [1.54, 1.807) is 28.7 Å². The van der Waals surface area contributed by atoms with Crippen molar-refractivity contribution in [3.8, 4) is 16.3 Å². The lowest BCUT2D eigenvalue weighted by Crippen LogP contribution is -2.38. The summed E-state index contributed by atoms with van der Waals surface area (Å²) in [5.41, 5.74) is 2.17. The fourth-order valence-corrected chi connectivity index (χ4v) is 5.11. The van der Waals surface area contributed by atoms with Gasteiger partial charge in [0, 0.05) is 24.4 Å². The Morgan fingerprint density at radius 3 is 2.39 bits per heavy atom. The van der Waals surface area contributed by atoms with E-state index in [9.17, 15) is 27.9 Å². The van der Waals surface area contributed by atoms with Crippen molar-refractivity contribution in [3.05, 3.63) is 81.3 Å². The van der Waals surface area contributed by atoms with E-state index < -0.39 is 18.1 Å². The number of rotatable bonds is 7. The van der Waals surface area contributed by atoms with Crippen molar-refractivity contribution in [2.45, 2.75) is 32.5 Å². The predicted molar refractivity (Wildman–Crippen MR) is 143 cm³/mol. The summed E-state index contributed by atoms with van der Waals surface area (Å²) in [7, 11) is 1.88. The number of nitrogens with one attached hydrogen (secondary N) is 2. The van der Waals surface area contributed by atoms with Gasteiger partial charge in [0.2, 0.25) is 0 Å². The van der Waals surface area contributed by atoms with Gasteiger partial charge in [-0.3, -0.25) is 4.79 Å². The number of anilines is 1. The van der Waals surface area contributed by atoms with E-state index in [4.69, 9.17) is 0 Å². The summed E-state index contributed by atoms with van der Waals surface area (Å²) in [5, 5.41) is 18.6. The highest BCUT2D eigenvalue weighted by Gasteiger charge is 2.42. The molecule has 0 fully saturated rings. The van der Waals surface area contributed by atoms with Crippen molar-refractivity contribution < 1.29 is 27.9 Å². The van der Waals surface area contributed by atoms with Crippen LogP contribution in [0.15, 0.2) is 53.9 Å². The molecule has 4 rings (SSSR count). The maximum absolute atomic E-state index is 13.3. The Balaban J connectivity index is 0.000000241. The van der Waals surface area contributed by atoms with Gasteiger partial charge in [-0.1, -0.05) is 30.3 Å². The number of phenols is 1. The zero-order chi connectivity index (χ0) is 27.9. The molecule has 0 radical (unpaired) electrons. The number of aryl methyl sites for hydroxylation is 2. The number of nitrogens with zero attached hydrogens (tertiary/aromatic N) is 2. The van der Waals surface area contributed by atoms with Crippen molar-refractivity contribution in [2.24, 2.45) is 0 Å². The average molecular weight is 563 g/mol. The standard InChI is InChI=1S/C17H14F3NO3.C9H11N3S2/c18-17(19,20)15(12-4-2-1-3-5-12)21-16(24)13-8-11(6-7-22)9-14(23)10-13;1-5-8(14-6(2)11-5)7-4-13-9(10-3)12-7/h1-5,7-10,15,23H,6H2,(H,21,24);4H,1-3H3,(H,10,12)/t15-;/m1./s1. The number of hydrogen-bond donors (Lipinski definition) is 3. The molecule has 3 N–H and O–H groups in total. The Morgan fingerprint density at radius 1 is 1.13 bits per heavy atom. The number of aldehydes is 1. The molecular formula is C26H25F3N4O3S2. The van der Waals surface area contributed by atoms with Crippen LogP contribution in [-0.2, 0) is 11.2 Å². The van der Waals surface area contributed by atoms with Crippen LogP contribution in [0.5, 0.6) is 5.75 Å². The SMILES string of the molecule is CNc1nc(-c2sc(C)nc2C)cs1.O=CCc1cc(O)cc(C(=O)N[C@H](c2ccccc2)C(F)(F)F)c1. The second-order valence-electron chi connectivity index (χ2n) is 8.05. The first kappa shape index (κ1) is 28.8. The third-order valence-corrected chi connectivity index (χ3v) is 7.10. The monoisotopic (exact) mass is 562 g/mol. The molecule has 0 saturated heterocycles. The summed E-state index contributed by atoms with van der Waals surface area (Å²) in [6.07, 6.45) is -4.17. The summed E-state index contributed by atoms with van der Waals surface area (Å²) in [6, 6.07) is 8.38. The zero-order valence-electron chi connectivity index (χ0n) is 20.7. The van der Waals surface area contributed by atoms with Crippen molar-refractivity contribution in [3.63, 3.8) is 0 Å². The number of aromatic hydroxyl groups is 1. The number of amides is 1. The number of thiazole rings is 2. The topological polar surface area (TPSA) is 104 Å². The minimum Gasteiger partial charge on any atom is -0.508 e. The molecule has 0 saturated carbocycles. The summed E-state index contributed by atoms with van der Waals surface area (Å²) >= 11 is 3.32. The largest absolute Gasteiger partial charge is 0.508 e. The molecule has 7 nitrogen and oxygen atoms in total. The number of carbonyl (C=O) groups is 2. The van der Waals surface area contributed by atoms with E-state index in [0.29, 0.717) is 11.8 Å². The molecule has 0 aliphatic heterocycles. The van der Waals surface area contributed by atoms with Gasteiger partial charge in [-0.25, -0.2) is 9.97 Å². The fourth-order valence-electron chi connectivity index (χ4n) is 3.50. The lowest BCUT2D eigenvalue weighted by atomic mass is 10.0. The number of halogens is 3. The van der Waals surface area contributed by atoms with Crippen LogP contribution in [0, 0.1) is 13.8 Å². The molecule has 0 aliphatic rings. The lowest BCUT2D eigenvalue weighted by Gasteiger charge is -2.22. The van der Waals surface area contributed by atoms with E-state index in [2.05, 4.69) is 20.7 Å². The Kier molecular flexibility index (Phi) is 9.59. The maximum Gasteiger partial charge on any atom is 0.412 e. The van der Waals surface area contributed by atoms with Crippen LogP contribution in [0.1, 0.15) is 38.2 Å². The van der Waals surface area contributed by atoms with Gasteiger partial charge < -0.3 is 20.5 Å². The number of benzene rings is 2. The second kappa shape index (κ2) is 12.7. The molecule has 0 unspecified atom stereocenters. The molecule has 1 amide bonds. The van der Waals surface area contributed by atoms with Crippen molar-refractivity contribution in [1.29, 1.82) is 0 Å². The molecule has 2 aromatic heterocycles. The number of aromatic nitrogens is 2. The van der Waals surface area contributed by atoms with E-state index in [1.807, 2.05) is 26.2 Å². The minimum atomic E-state index is -4.68. The molecule has 12 heteroatoms. The minimum absolute atomic E-state index is 0.0595. The van der Waals surface area contributed by atoms with Crippen molar-refractivity contribution in [1.82, 2.24) is 15.3 Å². The van der Waals surface area contributed by atoms with Gasteiger partial charge >= 0.3 is 6.18 Å². The van der Waals surface area contributed by atoms with Gasteiger partial charge in [0.1, 0.15) is 12.0 Å². The van der Waals surface area contributed by atoms with Crippen LogP contribution >= 0.6 is 22.7 Å². The first-order valence-corrected chi connectivity index (χ1v) is 13.0. The van der Waals surface area contributed by atoms with Crippen LogP contribution in [0.4, 0.5) is 18.3 Å². The number of alkyl halides is 3. The van der Waals surface area contributed by atoms with Crippen LogP contribution in [-0.4, -0.2) is 40.5 Å². The number of hydrogen-bond acceptors (Lipinski definition) is 8. The third-order valence-electron chi connectivity index (χ3n) is 5.15. The molecule has 0 bridgehead atoms. The molecular weight excluding hydrogens is 537 g/mol. The summed E-state index contributed by atoms with van der Waals surface area (Å²) in [6.45, 7) is 4.05. The number of carbonyl (C=O) groups excluding carboxylic acids is 2. The normalized spacial score (nSPS) is 11.7. The predicted octanol–water partition coefficient (Wildman–Crippen LogP) is 6.09. The van der Waals surface area contributed by atoms with Gasteiger partial charge in [0.05, 0.1) is 21.3 Å². The van der Waals surface area contributed by atoms with Crippen LogP contribution < -0.4 is 10.6 Å². The highest BCUT2D eigenvalue weighted by atomic mass is 32.1. The summed E-state index contributed by atoms with van der Waals surface area (Å²) in [5.74, 6) is -1.30. The Morgan fingerprint density at radius 2 is 1.84 bits per heavy atom. The molecule has 4 aromatic rings. The highest BCUT2D eigenvalue weighted by Crippen LogP contribution is 2.33. The first-order valence-electron chi connectivity index (χ1n) is 11.3. The molecule has 1 atom stereocenters. The van der Waals surface area contributed by atoms with E-state index >= 15 is 0 Å². The average Bonchev–Trinajstić information content (AvgIpc) is 3.47. The highest BCUT2D eigenvalue weighted by molar-refractivity contribution is 7.16. The summed E-state index contributed by atoms with van der Waals surface area (Å²) in [4.78, 5) is 32.7. The molecule has 2 heterocycles. The molecule has 2 aromatic carbocycles. The molecule has 0 aliphatic carbocycles. The van der Waals surface area contributed by atoms with Gasteiger partial charge in [0.15, 0.2) is 11.2 Å². The van der Waals surface area contributed by atoms with E-state index in [1.165, 1.54) is 41.3 Å². The third kappa shape index (κ3) is 7.62. The smallest absolute Gasteiger partial charge is 0.412 e. The lowest BCUT2D eigenvalue weighted by molar-refractivity contribution is -0.155. The van der Waals surface area contributed by atoms with Crippen LogP contribution in [0.3, 0.4) is 0 Å². The Hall–Kier alpha value is -3.77.